The molecule has 0 aromatic carbocycles. The molecule has 1 aromatic heterocycles. The molecule has 0 amide bonds. The second-order valence-electron chi connectivity index (χ2n) is 3.01. The molecule has 0 atom stereocenters. The van der Waals surface area contributed by atoms with Gasteiger partial charge in [0.15, 0.2) is 0 Å². The highest BCUT2D eigenvalue weighted by atomic mass is 16.1. The Labute approximate surface area is 71.7 Å². The monoisotopic (exact) mass is 164 g/mol. The SMILES string of the molecule is CC(C)=CC(=O)c1cn(C)cn1. The van der Waals surface area contributed by atoms with E-state index in [2.05, 4.69) is 4.98 Å². The summed E-state index contributed by atoms with van der Waals surface area (Å²) in [5.74, 6) is -0.0319. The molecule has 0 spiro atoms. The van der Waals surface area contributed by atoms with Crippen LogP contribution < -0.4 is 0 Å². The first-order chi connectivity index (χ1) is 5.59. The number of allylic oxidation sites excluding steroid dienone is 2. The molecule has 0 saturated heterocycles. The first-order valence-electron chi connectivity index (χ1n) is 3.77. The molecule has 12 heavy (non-hydrogen) atoms. The summed E-state index contributed by atoms with van der Waals surface area (Å²) in [7, 11) is 1.84. The maximum absolute atomic E-state index is 11.3. The van der Waals surface area contributed by atoms with Gasteiger partial charge in [-0.25, -0.2) is 4.98 Å². The molecule has 0 aliphatic heterocycles. The van der Waals surface area contributed by atoms with Crippen LogP contribution in [-0.4, -0.2) is 15.3 Å². The topological polar surface area (TPSA) is 34.9 Å². The first kappa shape index (κ1) is 8.71. The lowest BCUT2D eigenvalue weighted by atomic mass is 10.2. The molecule has 64 valence electrons. The Bertz CT molecular complexity index is 319. The van der Waals surface area contributed by atoms with Crippen LogP contribution >= 0.6 is 0 Å². The summed E-state index contributed by atoms with van der Waals surface area (Å²) < 4.78 is 1.76. The van der Waals surface area contributed by atoms with Crippen LogP contribution in [0.1, 0.15) is 24.3 Å². The number of nitrogens with zero attached hydrogens (tertiary/aromatic N) is 2. The number of rotatable bonds is 2. The van der Waals surface area contributed by atoms with Gasteiger partial charge in [0, 0.05) is 13.2 Å². The second kappa shape index (κ2) is 3.34. The summed E-state index contributed by atoms with van der Waals surface area (Å²) in [6.45, 7) is 3.78. The van der Waals surface area contributed by atoms with E-state index in [1.807, 2.05) is 20.9 Å². The normalized spacial score (nSPS) is 9.58. The Hall–Kier alpha value is -1.38. The average molecular weight is 164 g/mol. The van der Waals surface area contributed by atoms with Crippen LogP contribution in [-0.2, 0) is 7.05 Å². The Balaban J connectivity index is 2.86. The minimum absolute atomic E-state index is 0.0319. The van der Waals surface area contributed by atoms with Crippen molar-refractivity contribution in [1.82, 2.24) is 9.55 Å². The van der Waals surface area contributed by atoms with E-state index in [1.54, 1.807) is 23.2 Å². The molecule has 1 rings (SSSR count). The molecular weight excluding hydrogens is 152 g/mol. The highest BCUT2D eigenvalue weighted by molar-refractivity contribution is 6.03. The van der Waals surface area contributed by atoms with Gasteiger partial charge in [0.1, 0.15) is 5.69 Å². The molecule has 3 heteroatoms. The van der Waals surface area contributed by atoms with Crippen LogP contribution in [0, 0.1) is 0 Å². The molecule has 1 heterocycles. The fraction of sp³-hybridized carbons (Fsp3) is 0.333. The molecular formula is C9H12N2O. The van der Waals surface area contributed by atoms with Crippen molar-refractivity contribution in [3.8, 4) is 0 Å². The zero-order chi connectivity index (χ0) is 9.14. The van der Waals surface area contributed by atoms with E-state index in [-0.39, 0.29) is 5.78 Å². The van der Waals surface area contributed by atoms with Gasteiger partial charge in [-0.3, -0.25) is 4.79 Å². The fourth-order valence-electron chi connectivity index (χ4n) is 0.876. The van der Waals surface area contributed by atoms with Crippen LogP contribution in [0.15, 0.2) is 24.2 Å². The predicted octanol–water partition coefficient (Wildman–Crippen LogP) is 1.57. The Kier molecular flexibility index (Phi) is 2.43. The van der Waals surface area contributed by atoms with Gasteiger partial charge >= 0.3 is 0 Å². The van der Waals surface area contributed by atoms with E-state index in [9.17, 15) is 4.79 Å². The maximum Gasteiger partial charge on any atom is 0.205 e. The van der Waals surface area contributed by atoms with Gasteiger partial charge in [0.2, 0.25) is 5.78 Å². The van der Waals surface area contributed by atoms with E-state index in [1.165, 1.54) is 0 Å². The number of hydrogen-bond acceptors (Lipinski definition) is 2. The van der Waals surface area contributed by atoms with Gasteiger partial charge in [-0.05, 0) is 19.9 Å². The van der Waals surface area contributed by atoms with Crippen molar-refractivity contribution in [2.45, 2.75) is 13.8 Å². The fourth-order valence-corrected chi connectivity index (χ4v) is 0.876. The van der Waals surface area contributed by atoms with Gasteiger partial charge < -0.3 is 4.57 Å². The van der Waals surface area contributed by atoms with E-state index in [0.29, 0.717) is 5.69 Å². The summed E-state index contributed by atoms with van der Waals surface area (Å²) in [6, 6.07) is 0. The van der Waals surface area contributed by atoms with E-state index >= 15 is 0 Å². The summed E-state index contributed by atoms with van der Waals surface area (Å²) in [5.41, 5.74) is 1.49. The van der Waals surface area contributed by atoms with Crippen LogP contribution in [0.25, 0.3) is 0 Å². The number of aryl methyl sites for hydroxylation is 1. The van der Waals surface area contributed by atoms with Crippen LogP contribution in [0.5, 0.6) is 0 Å². The molecule has 0 aliphatic carbocycles. The second-order valence-corrected chi connectivity index (χ2v) is 3.01. The van der Waals surface area contributed by atoms with Crippen LogP contribution in [0.4, 0.5) is 0 Å². The minimum Gasteiger partial charge on any atom is -0.340 e. The summed E-state index contributed by atoms with van der Waals surface area (Å²) in [4.78, 5) is 15.3. The third kappa shape index (κ3) is 2.05. The lowest BCUT2D eigenvalue weighted by Gasteiger charge is -1.88. The van der Waals surface area contributed by atoms with Gasteiger partial charge in [-0.1, -0.05) is 5.57 Å². The van der Waals surface area contributed by atoms with Crippen LogP contribution in [0.2, 0.25) is 0 Å². The maximum atomic E-state index is 11.3. The number of carbonyl (C=O) groups excluding carboxylic acids is 1. The van der Waals surface area contributed by atoms with Crippen molar-refractivity contribution in [1.29, 1.82) is 0 Å². The molecule has 0 saturated carbocycles. The molecule has 0 bridgehead atoms. The predicted molar refractivity (Wildman–Crippen MR) is 47.0 cm³/mol. The average Bonchev–Trinajstić information content (AvgIpc) is 2.34. The van der Waals surface area contributed by atoms with Crippen molar-refractivity contribution < 1.29 is 4.79 Å². The number of hydrogen-bond donors (Lipinski definition) is 0. The van der Waals surface area contributed by atoms with E-state index in [4.69, 9.17) is 0 Å². The van der Waals surface area contributed by atoms with Crippen molar-refractivity contribution in [3.63, 3.8) is 0 Å². The van der Waals surface area contributed by atoms with Crippen molar-refractivity contribution in [2.24, 2.45) is 7.05 Å². The first-order valence-corrected chi connectivity index (χ1v) is 3.77. The zero-order valence-corrected chi connectivity index (χ0v) is 7.53. The van der Waals surface area contributed by atoms with Crippen LogP contribution in [0.3, 0.4) is 0 Å². The Morgan fingerprint density at radius 1 is 1.58 bits per heavy atom. The lowest BCUT2D eigenvalue weighted by molar-refractivity contribution is 0.104. The number of imidazole rings is 1. The quantitative estimate of drug-likeness (QED) is 0.491. The summed E-state index contributed by atoms with van der Waals surface area (Å²) in [5, 5.41) is 0. The zero-order valence-electron chi connectivity index (χ0n) is 7.53. The van der Waals surface area contributed by atoms with Gasteiger partial charge in [0.25, 0.3) is 0 Å². The standard InChI is InChI=1S/C9H12N2O/c1-7(2)4-9(12)8-5-11(3)6-10-8/h4-6H,1-3H3. The Morgan fingerprint density at radius 2 is 2.25 bits per heavy atom. The Morgan fingerprint density at radius 3 is 2.67 bits per heavy atom. The molecule has 0 unspecified atom stereocenters. The number of aromatic nitrogens is 2. The van der Waals surface area contributed by atoms with Gasteiger partial charge in [-0.2, -0.15) is 0 Å². The molecule has 0 aliphatic rings. The third-order valence-corrected chi connectivity index (χ3v) is 1.38. The molecule has 0 N–H and O–H groups in total. The molecule has 0 fully saturated rings. The smallest absolute Gasteiger partial charge is 0.205 e. The number of ketones is 1. The van der Waals surface area contributed by atoms with Gasteiger partial charge in [-0.15, -0.1) is 0 Å². The van der Waals surface area contributed by atoms with E-state index < -0.39 is 0 Å². The summed E-state index contributed by atoms with van der Waals surface area (Å²) >= 11 is 0. The molecule has 0 radical (unpaired) electrons. The van der Waals surface area contributed by atoms with Crippen molar-refractivity contribution in [3.05, 3.63) is 29.9 Å². The van der Waals surface area contributed by atoms with Crippen molar-refractivity contribution >= 4 is 5.78 Å². The largest absolute Gasteiger partial charge is 0.340 e. The highest BCUT2D eigenvalue weighted by Gasteiger charge is 2.04. The molecule has 3 nitrogen and oxygen atoms in total. The summed E-state index contributed by atoms with van der Waals surface area (Å²) in [6.07, 6.45) is 4.91. The number of carbonyl (C=O) groups is 1. The third-order valence-electron chi connectivity index (χ3n) is 1.38. The highest BCUT2D eigenvalue weighted by Crippen LogP contribution is 1.99. The van der Waals surface area contributed by atoms with E-state index in [0.717, 1.165) is 5.57 Å². The minimum atomic E-state index is -0.0319. The molecule has 1 aromatic rings. The van der Waals surface area contributed by atoms with Gasteiger partial charge in [0.05, 0.1) is 6.33 Å². The van der Waals surface area contributed by atoms with Crippen molar-refractivity contribution in [2.75, 3.05) is 0 Å². The lowest BCUT2D eigenvalue weighted by Crippen LogP contribution is -1.94.